The second kappa shape index (κ2) is 37.4. The van der Waals surface area contributed by atoms with Crippen molar-refractivity contribution in [3.05, 3.63) is 0 Å². The number of hydrogen-bond acceptors (Lipinski definition) is 20. The molecule has 2 rings (SSSR count). The molecule has 0 aromatic heterocycles. The molecule has 0 amide bonds. The van der Waals surface area contributed by atoms with Crippen LogP contribution in [0.4, 0.5) is 0 Å². The van der Waals surface area contributed by atoms with Gasteiger partial charge in [-0.1, -0.05) is 99.8 Å². The molecule has 0 aromatic carbocycles. The van der Waals surface area contributed by atoms with Crippen molar-refractivity contribution in [2.75, 3.05) is 39.3 Å². The maximum Gasteiger partial charge on any atom is 2.00 e. The molecule has 0 saturated heterocycles. The van der Waals surface area contributed by atoms with Gasteiger partial charge in [0, 0.05) is 24.2 Å². The molecule has 2 aliphatic rings. The topological polar surface area (TPSA) is 400 Å². The minimum Gasteiger partial charge on any atom is -0.302 e. The van der Waals surface area contributed by atoms with E-state index in [9.17, 15) is 0 Å². The van der Waals surface area contributed by atoms with Crippen molar-refractivity contribution in [1.29, 1.82) is 0 Å². The second-order valence-electron chi connectivity index (χ2n) is 15.1. The average molecular weight is 1080 g/mol. The predicted molar refractivity (Wildman–Crippen MR) is 174 cm³/mol. The van der Waals surface area contributed by atoms with Crippen LogP contribution in [0.25, 0.3) is 0 Å². The van der Waals surface area contributed by atoms with Gasteiger partial charge in [0.2, 0.25) is 0 Å². The van der Waals surface area contributed by atoms with Gasteiger partial charge in [-0.15, -0.1) is 41.0 Å². The summed E-state index contributed by atoms with van der Waals surface area (Å²) in [5.74, 6) is 1.38. The van der Waals surface area contributed by atoms with Crippen molar-refractivity contribution in [1.82, 2.24) is 20.4 Å². The van der Waals surface area contributed by atoms with Crippen LogP contribution >= 0.6 is 0 Å². The summed E-state index contributed by atoms with van der Waals surface area (Å²) in [6, 6.07) is 0. The second-order valence-corrected chi connectivity index (χ2v) is 18.2. The van der Waals surface area contributed by atoms with E-state index in [1.54, 1.807) is 0 Å². The Balaban J connectivity index is -0.000000393. The summed E-state index contributed by atoms with van der Waals surface area (Å²) >= 11 is 0. The predicted octanol–water partition coefficient (Wildman–Crippen LogP) is -10.4. The summed E-state index contributed by atoms with van der Waals surface area (Å²) < 4.78 is 136. The fourth-order valence-electron chi connectivity index (χ4n) is 8.47. The third-order valence-electron chi connectivity index (χ3n) is 10.7. The fraction of sp³-hybridized carbons (Fsp3) is 1.00. The molecule has 2 fully saturated rings. The molecule has 378 valence electrons. The van der Waals surface area contributed by atoms with Crippen LogP contribution < -0.4 is 85.2 Å². The van der Waals surface area contributed by atoms with Crippen molar-refractivity contribution >= 4 is 0 Å². The summed E-state index contributed by atoms with van der Waals surface area (Å²) in [5.41, 5.74) is 0.791. The molecule has 2 unspecified atom stereocenters. The Bertz CT molecular complexity index is 864. The van der Waals surface area contributed by atoms with Crippen LogP contribution in [-0.4, -0.2) is 66.3 Å². The Morgan fingerprint density at radius 1 is 0.426 bits per heavy atom. The monoisotopic (exact) mass is 1070 g/mol. The normalized spacial score (nSPS) is 17.9. The van der Waals surface area contributed by atoms with Crippen LogP contribution in [0.3, 0.4) is 0 Å². The van der Waals surface area contributed by atoms with E-state index in [0.717, 1.165) is 13.1 Å². The van der Waals surface area contributed by atoms with Gasteiger partial charge in [-0.05, 0) is 95.8 Å². The van der Waals surface area contributed by atoms with E-state index in [1.807, 2.05) is 0 Å². The molecule has 0 heterocycles. The molecular weight excluding hydrogens is 1000 g/mol. The maximum absolute atomic E-state index is 8.49. The van der Waals surface area contributed by atoms with Crippen LogP contribution in [0.1, 0.15) is 158 Å². The van der Waals surface area contributed by atoms with Crippen LogP contribution in [0.5, 0.6) is 0 Å². The van der Waals surface area contributed by atoms with Crippen molar-refractivity contribution in [3.63, 3.8) is 0 Å². The van der Waals surface area contributed by atoms with Gasteiger partial charge < -0.3 is 10.6 Å². The number of hydrogen-bond donors (Lipinski definition) is 2. The molecule has 0 aliphatic heterocycles. The quantitative estimate of drug-likeness (QED) is 0.0612. The van der Waals surface area contributed by atoms with Crippen molar-refractivity contribution < 1.29 is 150 Å². The minimum absolute atomic E-state index is 0. The van der Waals surface area contributed by atoms with Crippen LogP contribution in [0.15, 0.2) is 0 Å². The van der Waals surface area contributed by atoms with Crippen molar-refractivity contribution in [3.8, 4) is 0 Å². The van der Waals surface area contributed by atoms with E-state index in [1.165, 1.54) is 135 Å². The van der Waals surface area contributed by atoms with Gasteiger partial charge in [-0.3, -0.25) is 9.80 Å². The minimum atomic E-state index is -4.94. The molecule has 61 heavy (non-hydrogen) atoms. The van der Waals surface area contributed by atoms with Crippen LogP contribution in [0, 0.1) is 52.8 Å². The molecular formula is C35H72Cl4Cu2N4O16. The SMILES string of the molecule is CCCCC(NCC(C)C1([15N](CCC)CCC)CCCCC1)NCC(C)C1([15N](CCC)CCC)CCCCC1.[Cu+2].[Cu+2].[O-][Cl+3]([O-])([O-])[O-].[O-][Cl+3]([O-])([O-])[O-].[O-][Cl+3]([O-])([O-])[O-].[O-][Cl+3]([O-])([O-])[O-]. The zero-order valence-corrected chi connectivity index (χ0v) is 41.4. The summed E-state index contributed by atoms with van der Waals surface area (Å²) in [6.45, 7) is 24.3. The van der Waals surface area contributed by atoms with Gasteiger partial charge in [0.05, 0.1) is 6.17 Å². The maximum atomic E-state index is 8.49. The molecule has 20 nitrogen and oxygen atoms in total. The van der Waals surface area contributed by atoms with E-state index in [0.29, 0.717) is 29.1 Å². The summed E-state index contributed by atoms with van der Waals surface area (Å²) in [6.07, 6.45) is 23.5. The van der Waals surface area contributed by atoms with E-state index in [4.69, 9.17) is 74.5 Å². The first-order chi connectivity index (χ1) is 26.9. The Labute approximate surface area is 394 Å². The Morgan fingerprint density at radius 3 is 0.852 bits per heavy atom. The molecule has 0 spiro atoms. The van der Waals surface area contributed by atoms with Crippen LogP contribution in [-0.2, 0) is 34.1 Å². The van der Waals surface area contributed by atoms with Gasteiger partial charge in [0.25, 0.3) is 0 Å². The van der Waals surface area contributed by atoms with Gasteiger partial charge in [0.1, 0.15) is 0 Å². The van der Waals surface area contributed by atoms with E-state index in [-0.39, 0.29) is 34.1 Å². The van der Waals surface area contributed by atoms with Gasteiger partial charge in [0.15, 0.2) is 0 Å². The molecule has 2 aliphatic carbocycles. The van der Waals surface area contributed by atoms with Crippen molar-refractivity contribution in [2.45, 2.75) is 175 Å². The first-order valence-electron chi connectivity index (χ1n) is 20.4. The Hall–Kier alpha value is 1.40. The Kier molecular flexibility index (Phi) is 43.8. The van der Waals surface area contributed by atoms with Gasteiger partial charge in [-0.2, -0.15) is 0 Å². The summed E-state index contributed by atoms with van der Waals surface area (Å²) in [7, 11) is -19.8. The number of nitrogens with one attached hydrogen (secondary N) is 2. The van der Waals surface area contributed by atoms with E-state index >= 15 is 0 Å². The zero-order chi connectivity index (χ0) is 46.6. The fourth-order valence-corrected chi connectivity index (χ4v) is 8.47. The number of halogens is 4. The van der Waals surface area contributed by atoms with E-state index in [2.05, 4.69) is 68.9 Å². The summed E-state index contributed by atoms with van der Waals surface area (Å²) in [4.78, 5) is 5.83. The molecule has 2 N–H and O–H groups in total. The van der Waals surface area contributed by atoms with E-state index < -0.39 is 41.0 Å². The molecule has 0 bridgehead atoms. The van der Waals surface area contributed by atoms with Crippen LogP contribution in [0.2, 0.25) is 0 Å². The van der Waals surface area contributed by atoms with Gasteiger partial charge >= 0.3 is 34.1 Å². The Morgan fingerprint density at radius 2 is 0.656 bits per heavy atom. The van der Waals surface area contributed by atoms with Crippen molar-refractivity contribution in [2.24, 2.45) is 11.8 Å². The molecule has 2 radical (unpaired) electrons. The number of nitrogens with zero attached hydrogens (tertiary/aromatic N) is 2. The summed E-state index contributed by atoms with van der Waals surface area (Å²) in [5, 5.41) is 8.23. The largest absolute Gasteiger partial charge is 2.00 e. The van der Waals surface area contributed by atoms with Gasteiger partial charge in [-0.25, -0.2) is 74.5 Å². The number of unbranched alkanes of at least 4 members (excludes halogenated alkanes) is 1. The molecule has 26 heteroatoms. The molecule has 0 aromatic rings. The smallest absolute Gasteiger partial charge is 0.302 e. The first-order valence-corrected chi connectivity index (χ1v) is 25.3. The average Bonchev–Trinajstić information content (AvgIpc) is 3.08. The molecule has 2 saturated carbocycles. The standard InChI is InChI=1S/C35H72N4.4ClHO4.2Cu/c1-8-13-20-33(36-29-31(6)34(21-16-14-17-22-34)38(25-9-2)26-10-3)37-30-32(7)35(23-18-15-19-24-35)39(27-11-4)28-12-5;4*2-1(3,4)5;;/h31-33,36-37H,8-30H2,1-7H3;4*(H,2,3,4,5);;/q;;;;;2*+2/p-4/i38+1,39+1;;;;;;. The number of rotatable bonds is 21. The first kappa shape index (κ1) is 71.4. The molecule has 2 atom stereocenters. The zero-order valence-electron chi connectivity index (χ0n) is 36.5. The third kappa shape index (κ3) is 42.5. The third-order valence-corrected chi connectivity index (χ3v) is 10.7.